The maximum absolute atomic E-state index is 12.5. The van der Waals surface area contributed by atoms with Crippen LogP contribution in [0.1, 0.15) is 89.7 Å². The molecule has 188 valence electrons. The topological polar surface area (TPSA) is 65.0 Å². The van der Waals surface area contributed by atoms with Crippen molar-refractivity contribution >= 4 is 40.5 Å². The highest BCUT2D eigenvalue weighted by atomic mass is 35.5. The van der Waals surface area contributed by atoms with Crippen LogP contribution < -0.4 is 10.6 Å². The highest BCUT2D eigenvalue weighted by Gasteiger charge is 2.15. The number of para-hydroxylation sites is 1. The van der Waals surface area contributed by atoms with E-state index in [2.05, 4.69) is 17.6 Å². The molecule has 1 amide bonds. The molecule has 34 heavy (non-hydrogen) atoms. The monoisotopic (exact) mass is 505 g/mol. The van der Waals surface area contributed by atoms with Gasteiger partial charge in [-0.1, -0.05) is 120 Å². The lowest BCUT2D eigenvalue weighted by molar-refractivity contribution is -0.114. The summed E-state index contributed by atoms with van der Waals surface area (Å²) >= 11 is 12.2. The fraction of sp³-hybridized carbons (Fsp3) is 0.500. The number of carbonyl (C=O) groups excluding carboxylic acids is 1. The van der Waals surface area contributed by atoms with E-state index in [4.69, 9.17) is 28.6 Å². The molecule has 0 aromatic heterocycles. The quantitative estimate of drug-likeness (QED) is 0.167. The Kier molecular flexibility index (Phi) is 16.1. The van der Waals surface area contributed by atoms with E-state index in [1.807, 2.05) is 38.1 Å². The highest BCUT2D eigenvalue weighted by molar-refractivity contribution is 6.45. The zero-order chi connectivity index (χ0) is 25.2. The minimum Gasteiger partial charge on any atom is -0.380 e. The Hall–Kier alpha value is -2.04. The number of unbranched alkanes of at least 4 members (excludes halogenated alkanes) is 8. The predicted molar refractivity (Wildman–Crippen MR) is 149 cm³/mol. The van der Waals surface area contributed by atoms with Crippen LogP contribution in [-0.4, -0.2) is 18.2 Å². The van der Waals surface area contributed by atoms with Crippen molar-refractivity contribution < 1.29 is 4.79 Å². The molecule has 2 aromatic rings. The third-order valence-corrected chi connectivity index (χ3v) is 6.06. The number of benzene rings is 2. The predicted octanol–water partition coefficient (Wildman–Crippen LogP) is 8.65. The molecule has 0 heterocycles. The molecule has 0 saturated carbocycles. The zero-order valence-electron chi connectivity index (χ0n) is 21.0. The first kappa shape index (κ1) is 30.0. The lowest BCUT2D eigenvalue weighted by Gasteiger charge is -2.14. The second-order valence-electron chi connectivity index (χ2n) is 8.09. The number of rotatable bonds is 15. The van der Waals surface area contributed by atoms with Crippen LogP contribution in [0.15, 0.2) is 42.5 Å². The molecule has 0 atom stereocenters. The maximum atomic E-state index is 12.5. The van der Waals surface area contributed by atoms with Gasteiger partial charge >= 0.3 is 0 Å². The van der Waals surface area contributed by atoms with E-state index in [-0.39, 0.29) is 11.6 Å². The number of hydrogen-bond donors (Lipinski definition) is 3. The molecule has 0 aliphatic carbocycles. The van der Waals surface area contributed by atoms with Crippen LogP contribution in [-0.2, 0) is 11.3 Å². The van der Waals surface area contributed by atoms with Gasteiger partial charge in [0, 0.05) is 34.4 Å². The second kappa shape index (κ2) is 18.3. The minimum absolute atomic E-state index is 0.0359. The molecule has 0 aliphatic heterocycles. The molecular weight excluding hydrogens is 465 g/mol. The summed E-state index contributed by atoms with van der Waals surface area (Å²) in [7, 11) is 0. The summed E-state index contributed by atoms with van der Waals surface area (Å²) in [6.07, 6.45) is 11.1. The van der Waals surface area contributed by atoms with Gasteiger partial charge in [-0.05, 0) is 30.2 Å². The van der Waals surface area contributed by atoms with Crippen LogP contribution in [0.4, 0.5) is 5.69 Å². The molecule has 6 heteroatoms. The van der Waals surface area contributed by atoms with E-state index in [0.717, 1.165) is 24.1 Å². The Bertz CT molecular complexity index is 870. The Morgan fingerprint density at radius 3 is 2.15 bits per heavy atom. The first-order valence-corrected chi connectivity index (χ1v) is 13.4. The van der Waals surface area contributed by atoms with Gasteiger partial charge in [-0.15, -0.1) is 0 Å². The number of amides is 1. The Labute approximate surface area is 216 Å². The Morgan fingerprint density at radius 2 is 1.50 bits per heavy atom. The van der Waals surface area contributed by atoms with E-state index in [1.54, 1.807) is 18.2 Å². The van der Waals surface area contributed by atoms with Crippen LogP contribution in [0.2, 0.25) is 10.0 Å². The molecular formula is C28H41Cl2N3O. The summed E-state index contributed by atoms with van der Waals surface area (Å²) in [5.41, 5.74) is 2.15. The van der Waals surface area contributed by atoms with E-state index >= 15 is 0 Å². The highest BCUT2D eigenvalue weighted by Crippen LogP contribution is 2.23. The van der Waals surface area contributed by atoms with Crippen LogP contribution >= 0.6 is 23.2 Å². The van der Waals surface area contributed by atoms with Gasteiger partial charge in [-0.25, -0.2) is 0 Å². The van der Waals surface area contributed by atoms with Crippen molar-refractivity contribution in [2.24, 2.45) is 0 Å². The SMILES string of the molecule is CC.CCCCCCCCCCCNC(=O)C(=N)c1ccccc1NCc1ccc(Cl)cc1Cl. The van der Waals surface area contributed by atoms with Crippen molar-refractivity contribution in [2.75, 3.05) is 11.9 Å². The standard InChI is InChI=1S/C26H35Cl2N3O.C2H6/c1-2-3-4-5-6-7-8-9-12-17-30-26(32)25(29)22-13-10-11-14-24(22)31-19-20-15-16-21(27)18-23(20)28;1-2/h10-11,13-16,18,29,31H,2-9,12,17,19H2,1H3,(H,30,32);1-2H3. The normalized spacial score (nSPS) is 10.3. The minimum atomic E-state index is -0.344. The molecule has 0 aliphatic rings. The molecule has 0 saturated heterocycles. The first-order valence-electron chi connectivity index (χ1n) is 12.7. The van der Waals surface area contributed by atoms with Gasteiger partial charge in [0.25, 0.3) is 5.91 Å². The fourth-order valence-corrected chi connectivity index (χ4v) is 4.03. The third kappa shape index (κ3) is 11.4. The average molecular weight is 507 g/mol. The second-order valence-corrected chi connectivity index (χ2v) is 8.94. The molecule has 2 rings (SSSR count). The average Bonchev–Trinajstić information content (AvgIpc) is 2.85. The smallest absolute Gasteiger partial charge is 0.269 e. The summed E-state index contributed by atoms with van der Waals surface area (Å²) in [6, 6.07) is 12.7. The third-order valence-electron chi connectivity index (χ3n) is 5.47. The van der Waals surface area contributed by atoms with Crippen molar-refractivity contribution in [1.29, 1.82) is 5.41 Å². The van der Waals surface area contributed by atoms with Gasteiger partial charge in [0.2, 0.25) is 0 Å². The summed E-state index contributed by atoms with van der Waals surface area (Å²) in [4.78, 5) is 12.5. The molecule has 0 spiro atoms. The van der Waals surface area contributed by atoms with Gasteiger partial charge in [0.05, 0.1) is 0 Å². The Morgan fingerprint density at radius 1 is 0.882 bits per heavy atom. The van der Waals surface area contributed by atoms with Crippen molar-refractivity contribution in [3.05, 3.63) is 63.6 Å². The molecule has 0 unspecified atom stereocenters. The summed E-state index contributed by atoms with van der Waals surface area (Å²) < 4.78 is 0. The molecule has 0 bridgehead atoms. The van der Waals surface area contributed by atoms with E-state index in [1.165, 1.54) is 44.9 Å². The van der Waals surface area contributed by atoms with Crippen molar-refractivity contribution in [2.45, 2.75) is 85.1 Å². The molecule has 0 fully saturated rings. The number of carbonyl (C=O) groups is 1. The molecule has 2 aromatic carbocycles. The van der Waals surface area contributed by atoms with Crippen LogP contribution in [0, 0.1) is 5.41 Å². The largest absolute Gasteiger partial charge is 0.380 e. The first-order chi connectivity index (χ1) is 16.5. The molecule has 0 radical (unpaired) electrons. The Balaban J connectivity index is 0.00000281. The van der Waals surface area contributed by atoms with Crippen LogP contribution in [0.25, 0.3) is 0 Å². The summed E-state index contributed by atoms with van der Waals surface area (Å²) in [5.74, 6) is -0.344. The van der Waals surface area contributed by atoms with E-state index in [9.17, 15) is 4.79 Å². The zero-order valence-corrected chi connectivity index (χ0v) is 22.5. The summed E-state index contributed by atoms with van der Waals surface area (Å²) in [5, 5.41) is 15.7. The van der Waals surface area contributed by atoms with Crippen molar-refractivity contribution in [3.8, 4) is 0 Å². The van der Waals surface area contributed by atoms with Crippen molar-refractivity contribution in [1.82, 2.24) is 5.32 Å². The molecule has 3 N–H and O–H groups in total. The van der Waals surface area contributed by atoms with Gasteiger partial charge in [0.15, 0.2) is 0 Å². The lowest BCUT2D eigenvalue weighted by Crippen LogP contribution is -2.32. The fourth-order valence-electron chi connectivity index (χ4n) is 3.56. The molecule has 4 nitrogen and oxygen atoms in total. The number of anilines is 1. The van der Waals surface area contributed by atoms with Gasteiger partial charge < -0.3 is 10.6 Å². The van der Waals surface area contributed by atoms with Gasteiger partial charge in [0.1, 0.15) is 5.71 Å². The van der Waals surface area contributed by atoms with Gasteiger partial charge in [-0.2, -0.15) is 0 Å². The lowest BCUT2D eigenvalue weighted by atomic mass is 10.1. The summed E-state index contributed by atoms with van der Waals surface area (Å²) in [6.45, 7) is 7.31. The maximum Gasteiger partial charge on any atom is 0.269 e. The van der Waals surface area contributed by atoms with Crippen LogP contribution in [0.3, 0.4) is 0 Å². The number of nitrogens with one attached hydrogen (secondary N) is 3. The number of halogens is 2. The van der Waals surface area contributed by atoms with E-state index in [0.29, 0.717) is 28.7 Å². The number of hydrogen-bond acceptors (Lipinski definition) is 3. The van der Waals surface area contributed by atoms with Gasteiger partial charge in [-0.3, -0.25) is 10.2 Å². The van der Waals surface area contributed by atoms with Crippen LogP contribution in [0.5, 0.6) is 0 Å². The van der Waals surface area contributed by atoms with Crippen molar-refractivity contribution in [3.63, 3.8) is 0 Å². The van der Waals surface area contributed by atoms with E-state index < -0.39 is 0 Å².